The number of fused-ring (bicyclic) bond motifs is 1. The van der Waals surface area contributed by atoms with Crippen LogP contribution in [0, 0.1) is 17.2 Å². The molecule has 0 unspecified atom stereocenters. The number of halogens is 3. The van der Waals surface area contributed by atoms with Crippen LogP contribution in [0.2, 0.25) is 0 Å². The monoisotopic (exact) mass is 528 g/mol. The van der Waals surface area contributed by atoms with Gasteiger partial charge in [0.05, 0.1) is 17.7 Å². The fourth-order valence-corrected chi connectivity index (χ4v) is 5.55. The highest BCUT2D eigenvalue weighted by Crippen LogP contribution is 2.40. The SMILES string of the molecule is CCOC(=O)c1c(NC(=O)/C(C#N)=C/c2ccc(-c3cccc(C(F)(F)F)c3)o2)sc2c1CC[C@@H](C)C2. The zero-order valence-corrected chi connectivity index (χ0v) is 20.9. The molecule has 0 fully saturated rings. The van der Waals surface area contributed by atoms with Crippen LogP contribution in [-0.4, -0.2) is 18.5 Å². The van der Waals surface area contributed by atoms with Crippen molar-refractivity contribution in [2.24, 2.45) is 5.92 Å². The molecule has 1 aliphatic carbocycles. The number of nitrogens with zero attached hydrogens (tertiary/aromatic N) is 1. The summed E-state index contributed by atoms with van der Waals surface area (Å²) in [4.78, 5) is 26.7. The maximum Gasteiger partial charge on any atom is 0.416 e. The Kier molecular flexibility index (Phi) is 7.55. The lowest BCUT2D eigenvalue weighted by atomic mass is 9.88. The van der Waals surface area contributed by atoms with E-state index in [1.165, 1.54) is 41.7 Å². The molecule has 1 N–H and O–H groups in total. The molecule has 0 saturated heterocycles. The summed E-state index contributed by atoms with van der Waals surface area (Å²) in [5, 5.41) is 12.6. The number of ether oxygens (including phenoxy) is 1. The van der Waals surface area contributed by atoms with Crippen LogP contribution in [0.1, 0.15) is 52.4 Å². The first-order valence-electron chi connectivity index (χ1n) is 11.6. The molecule has 6 nitrogen and oxygen atoms in total. The Morgan fingerprint density at radius 2 is 2.08 bits per heavy atom. The lowest BCUT2D eigenvalue weighted by molar-refractivity contribution is -0.137. The van der Waals surface area contributed by atoms with Gasteiger partial charge in [0.2, 0.25) is 0 Å². The highest BCUT2D eigenvalue weighted by atomic mass is 32.1. The smallest absolute Gasteiger partial charge is 0.416 e. The van der Waals surface area contributed by atoms with Crippen LogP contribution in [0.15, 0.2) is 46.4 Å². The summed E-state index contributed by atoms with van der Waals surface area (Å²) >= 11 is 1.30. The van der Waals surface area contributed by atoms with Crippen LogP contribution in [-0.2, 0) is 28.5 Å². The second kappa shape index (κ2) is 10.6. The molecule has 2 heterocycles. The van der Waals surface area contributed by atoms with E-state index < -0.39 is 23.6 Å². The minimum absolute atomic E-state index is 0.115. The number of rotatable bonds is 6. The van der Waals surface area contributed by atoms with E-state index >= 15 is 0 Å². The zero-order chi connectivity index (χ0) is 26.7. The molecule has 4 rings (SSSR count). The first-order chi connectivity index (χ1) is 17.6. The molecule has 37 heavy (non-hydrogen) atoms. The number of carbonyl (C=O) groups is 2. The molecule has 192 valence electrons. The quantitative estimate of drug-likeness (QED) is 0.214. The Labute approximate surface area is 215 Å². The maximum absolute atomic E-state index is 13.0. The number of amides is 1. The summed E-state index contributed by atoms with van der Waals surface area (Å²) in [6.45, 7) is 4.01. The molecule has 0 saturated carbocycles. The van der Waals surface area contributed by atoms with Crippen LogP contribution >= 0.6 is 11.3 Å². The topological polar surface area (TPSA) is 92.3 Å². The van der Waals surface area contributed by atoms with E-state index in [4.69, 9.17) is 9.15 Å². The van der Waals surface area contributed by atoms with E-state index in [0.29, 0.717) is 22.9 Å². The van der Waals surface area contributed by atoms with Crippen molar-refractivity contribution >= 4 is 34.3 Å². The highest BCUT2D eigenvalue weighted by Gasteiger charge is 2.31. The van der Waals surface area contributed by atoms with Crippen molar-refractivity contribution in [2.75, 3.05) is 11.9 Å². The first-order valence-corrected chi connectivity index (χ1v) is 12.4. The van der Waals surface area contributed by atoms with Crippen LogP contribution in [0.4, 0.5) is 18.2 Å². The van der Waals surface area contributed by atoms with Gasteiger partial charge in [-0.2, -0.15) is 18.4 Å². The van der Waals surface area contributed by atoms with Gasteiger partial charge in [-0.15, -0.1) is 11.3 Å². The molecular weight excluding hydrogens is 505 g/mol. The van der Waals surface area contributed by atoms with E-state index in [-0.39, 0.29) is 29.3 Å². The van der Waals surface area contributed by atoms with Crippen LogP contribution in [0.25, 0.3) is 17.4 Å². The molecule has 1 aliphatic rings. The Hall–Kier alpha value is -3.84. The van der Waals surface area contributed by atoms with E-state index in [0.717, 1.165) is 35.4 Å². The summed E-state index contributed by atoms with van der Waals surface area (Å²) in [6.07, 6.45) is -0.902. The molecule has 2 aromatic heterocycles. The van der Waals surface area contributed by atoms with E-state index in [1.807, 2.05) is 6.07 Å². The molecule has 1 amide bonds. The molecule has 0 bridgehead atoms. The minimum atomic E-state index is -4.50. The molecule has 0 aliphatic heterocycles. The van der Waals surface area contributed by atoms with Gasteiger partial charge in [0.25, 0.3) is 5.91 Å². The lowest BCUT2D eigenvalue weighted by Crippen LogP contribution is -2.17. The first kappa shape index (κ1) is 26.2. The molecule has 3 aromatic rings. The van der Waals surface area contributed by atoms with Crippen LogP contribution in [0.5, 0.6) is 0 Å². The van der Waals surface area contributed by atoms with Gasteiger partial charge in [0.1, 0.15) is 28.2 Å². The third-order valence-corrected chi connectivity index (χ3v) is 7.14. The minimum Gasteiger partial charge on any atom is -0.462 e. The lowest BCUT2D eigenvalue weighted by Gasteiger charge is -2.18. The number of carbonyl (C=O) groups excluding carboxylic acids is 2. The highest BCUT2D eigenvalue weighted by molar-refractivity contribution is 7.17. The number of thiophene rings is 1. The number of benzene rings is 1. The normalized spacial score (nSPS) is 15.6. The number of hydrogen-bond acceptors (Lipinski definition) is 6. The van der Waals surface area contributed by atoms with Crippen molar-refractivity contribution in [1.29, 1.82) is 5.26 Å². The summed E-state index contributed by atoms with van der Waals surface area (Å²) < 4.78 is 49.9. The Bertz CT molecular complexity index is 1410. The van der Waals surface area contributed by atoms with Crippen molar-refractivity contribution in [3.63, 3.8) is 0 Å². The number of nitriles is 1. The molecule has 0 radical (unpaired) electrons. The van der Waals surface area contributed by atoms with Crippen molar-refractivity contribution in [2.45, 2.75) is 39.3 Å². The Morgan fingerprint density at radius 3 is 2.78 bits per heavy atom. The third-order valence-electron chi connectivity index (χ3n) is 5.97. The van der Waals surface area contributed by atoms with E-state index in [1.54, 1.807) is 6.92 Å². The number of anilines is 1. The average Bonchev–Trinajstić information content (AvgIpc) is 3.46. The summed E-state index contributed by atoms with van der Waals surface area (Å²) in [5.41, 5.74) is 0.288. The van der Waals surface area contributed by atoms with Crippen molar-refractivity contribution in [1.82, 2.24) is 0 Å². The number of nitrogens with one attached hydrogen (secondary N) is 1. The van der Waals surface area contributed by atoms with Gasteiger partial charge in [-0.05, 0) is 61.9 Å². The summed E-state index contributed by atoms with van der Waals surface area (Å²) in [5.74, 6) is -0.547. The zero-order valence-electron chi connectivity index (χ0n) is 20.1. The fourth-order valence-electron chi connectivity index (χ4n) is 4.15. The maximum atomic E-state index is 13.0. The third kappa shape index (κ3) is 5.78. The average molecular weight is 529 g/mol. The van der Waals surface area contributed by atoms with Gasteiger partial charge >= 0.3 is 12.1 Å². The predicted octanol–water partition coefficient (Wildman–Crippen LogP) is 6.87. The number of alkyl halides is 3. The van der Waals surface area contributed by atoms with E-state index in [2.05, 4.69) is 12.2 Å². The van der Waals surface area contributed by atoms with Crippen molar-refractivity contribution in [3.8, 4) is 17.4 Å². The second-order valence-corrected chi connectivity index (χ2v) is 9.79. The number of esters is 1. The van der Waals surface area contributed by atoms with Gasteiger partial charge in [-0.3, -0.25) is 4.79 Å². The van der Waals surface area contributed by atoms with Crippen molar-refractivity contribution < 1.29 is 31.9 Å². The largest absolute Gasteiger partial charge is 0.462 e. The van der Waals surface area contributed by atoms with Gasteiger partial charge < -0.3 is 14.5 Å². The van der Waals surface area contributed by atoms with E-state index in [9.17, 15) is 28.0 Å². The summed E-state index contributed by atoms with van der Waals surface area (Å²) in [6, 6.07) is 9.39. The number of hydrogen-bond donors (Lipinski definition) is 1. The van der Waals surface area contributed by atoms with Gasteiger partial charge in [-0.25, -0.2) is 4.79 Å². The second-order valence-electron chi connectivity index (χ2n) is 8.68. The van der Waals surface area contributed by atoms with Gasteiger partial charge in [0.15, 0.2) is 0 Å². The molecular formula is C27H23F3N2O4S. The summed E-state index contributed by atoms with van der Waals surface area (Å²) in [7, 11) is 0. The van der Waals surface area contributed by atoms with Gasteiger partial charge in [0, 0.05) is 16.5 Å². The Balaban J connectivity index is 1.59. The molecule has 10 heteroatoms. The van der Waals surface area contributed by atoms with Crippen LogP contribution in [0.3, 0.4) is 0 Å². The fraction of sp³-hybridized carbons (Fsp3) is 0.296. The molecule has 1 aromatic carbocycles. The van der Waals surface area contributed by atoms with Crippen LogP contribution < -0.4 is 5.32 Å². The Morgan fingerprint density at radius 1 is 1.30 bits per heavy atom. The molecule has 1 atom stereocenters. The van der Waals surface area contributed by atoms with Gasteiger partial charge in [-0.1, -0.05) is 19.1 Å². The standard InChI is InChI=1S/C27H23F3N2O4S/c1-3-35-26(34)23-20-9-7-15(2)11-22(20)37-25(23)32-24(33)17(14-31)13-19-8-10-21(36-19)16-5-4-6-18(12-16)27(28,29)30/h4-6,8,10,12-13,15H,3,7,9,11H2,1-2H3,(H,32,33)/b17-13+/t15-/m1/s1. The predicted molar refractivity (Wildman–Crippen MR) is 133 cm³/mol. The van der Waals surface area contributed by atoms with Crippen molar-refractivity contribution in [3.05, 3.63) is 69.3 Å². The number of furan rings is 1. The molecule has 0 spiro atoms.